The molecule has 0 unspecified atom stereocenters. The van der Waals surface area contributed by atoms with Crippen molar-refractivity contribution in [2.24, 2.45) is 0 Å². The van der Waals surface area contributed by atoms with Gasteiger partial charge in [0.15, 0.2) is 0 Å². The number of hydrogen-bond acceptors (Lipinski definition) is 7. The van der Waals surface area contributed by atoms with Crippen LogP contribution >= 0.6 is 0 Å². The van der Waals surface area contributed by atoms with Crippen LogP contribution in [0.4, 0.5) is 11.4 Å². The summed E-state index contributed by atoms with van der Waals surface area (Å²) in [4.78, 5) is 25.9. The highest BCUT2D eigenvalue weighted by Crippen LogP contribution is 2.08. The molecule has 0 aliphatic carbocycles. The van der Waals surface area contributed by atoms with Crippen LogP contribution < -0.4 is 11.5 Å². The second-order valence-electron chi connectivity index (χ2n) is 5.95. The molecule has 144 valence electrons. The number of rotatable bonds is 9. The van der Waals surface area contributed by atoms with Crippen LogP contribution in [-0.4, -0.2) is 49.7 Å². The van der Waals surface area contributed by atoms with E-state index in [0.717, 1.165) is 6.54 Å². The Morgan fingerprint density at radius 3 is 1.48 bits per heavy atom. The zero-order valence-electron chi connectivity index (χ0n) is 15.4. The summed E-state index contributed by atoms with van der Waals surface area (Å²) < 4.78 is 10.5. The van der Waals surface area contributed by atoms with Crippen molar-refractivity contribution < 1.29 is 19.1 Å². The number of carbonyl (C=O) groups is 2. The van der Waals surface area contributed by atoms with Crippen molar-refractivity contribution in [2.75, 3.05) is 44.3 Å². The molecule has 7 nitrogen and oxygen atoms in total. The third-order valence-corrected chi connectivity index (χ3v) is 4.02. The predicted molar refractivity (Wildman–Crippen MR) is 104 cm³/mol. The Morgan fingerprint density at radius 2 is 1.15 bits per heavy atom. The molecular formula is C20H25N3O4. The van der Waals surface area contributed by atoms with Crippen molar-refractivity contribution in [2.45, 2.75) is 6.92 Å². The average Bonchev–Trinajstić information content (AvgIpc) is 2.67. The summed E-state index contributed by atoms with van der Waals surface area (Å²) in [5.74, 6) is -0.776. The van der Waals surface area contributed by atoms with Gasteiger partial charge in [0.2, 0.25) is 0 Å². The maximum absolute atomic E-state index is 12.0. The third kappa shape index (κ3) is 6.63. The summed E-state index contributed by atoms with van der Waals surface area (Å²) >= 11 is 0. The van der Waals surface area contributed by atoms with E-state index in [0.29, 0.717) is 35.6 Å². The van der Waals surface area contributed by atoms with Gasteiger partial charge in [0.1, 0.15) is 13.2 Å². The summed E-state index contributed by atoms with van der Waals surface area (Å²) in [6, 6.07) is 13.2. The Labute approximate surface area is 158 Å². The number of likely N-dealkylation sites (N-methyl/N-ethyl adjacent to an activating group) is 1. The molecular weight excluding hydrogens is 346 g/mol. The minimum Gasteiger partial charge on any atom is -0.461 e. The maximum Gasteiger partial charge on any atom is 0.338 e. The lowest BCUT2D eigenvalue weighted by molar-refractivity contribution is 0.0401. The number of nitrogens with zero attached hydrogens (tertiary/aromatic N) is 1. The van der Waals surface area contributed by atoms with Gasteiger partial charge >= 0.3 is 11.9 Å². The van der Waals surface area contributed by atoms with E-state index >= 15 is 0 Å². The van der Waals surface area contributed by atoms with Gasteiger partial charge in [-0.25, -0.2) is 9.59 Å². The van der Waals surface area contributed by atoms with Gasteiger partial charge in [0.25, 0.3) is 0 Å². The molecule has 0 heterocycles. The summed E-state index contributed by atoms with van der Waals surface area (Å²) in [5.41, 5.74) is 13.3. The Balaban J connectivity index is 1.69. The standard InChI is InChI=1S/C20H25N3O4/c1-2-23(11-13-26-19(24)15-3-7-17(21)8-4-15)12-14-27-20(25)16-5-9-18(22)10-6-16/h3-10H,2,11-14,21-22H2,1H3. The molecule has 0 aromatic heterocycles. The van der Waals surface area contributed by atoms with Crippen LogP contribution in [0.25, 0.3) is 0 Å². The molecule has 0 amide bonds. The number of anilines is 2. The van der Waals surface area contributed by atoms with Crippen LogP contribution in [0, 0.1) is 0 Å². The molecule has 2 rings (SSSR count). The Bertz CT molecular complexity index is 681. The van der Waals surface area contributed by atoms with Gasteiger partial charge < -0.3 is 20.9 Å². The summed E-state index contributed by atoms with van der Waals surface area (Å²) in [6.07, 6.45) is 0. The fourth-order valence-electron chi connectivity index (χ4n) is 2.37. The minimum absolute atomic E-state index is 0.253. The first kappa shape index (κ1) is 20.3. The first-order valence-electron chi connectivity index (χ1n) is 8.77. The molecule has 0 fully saturated rings. The highest BCUT2D eigenvalue weighted by molar-refractivity contribution is 5.90. The van der Waals surface area contributed by atoms with Crippen molar-refractivity contribution in [3.05, 3.63) is 59.7 Å². The van der Waals surface area contributed by atoms with Crippen LogP contribution in [0.5, 0.6) is 0 Å². The molecule has 0 spiro atoms. The van der Waals surface area contributed by atoms with Crippen LogP contribution in [0.2, 0.25) is 0 Å². The molecule has 2 aromatic rings. The van der Waals surface area contributed by atoms with Gasteiger partial charge in [-0.15, -0.1) is 0 Å². The van der Waals surface area contributed by atoms with Gasteiger partial charge in [-0.3, -0.25) is 4.90 Å². The lowest BCUT2D eigenvalue weighted by Gasteiger charge is -2.20. The van der Waals surface area contributed by atoms with E-state index in [-0.39, 0.29) is 25.2 Å². The molecule has 0 saturated heterocycles. The number of nitrogens with two attached hydrogens (primary N) is 2. The van der Waals surface area contributed by atoms with E-state index in [1.54, 1.807) is 48.5 Å². The second-order valence-corrected chi connectivity index (χ2v) is 5.95. The summed E-state index contributed by atoms with van der Waals surface area (Å²) in [5, 5.41) is 0. The lowest BCUT2D eigenvalue weighted by atomic mass is 10.2. The molecule has 0 radical (unpaired) electrons. The van der Waals surface area contributed by atoms with Crippen molar-refractivity contribution in [1.29, 1.82) is 0 Å². The van der Waals surface area contributed by atoms with E-state index in [1.807, 2.05) is 11.8 Å². The molecule has 0 atom stereocenters. The van der Waals surface area contributed by atoms with Crippen molar-refractivity contribution in [3.8, 4) is 0 Å². The smallest absolute Gasteiger partial charge is 0.338 e. The van der Waals surface area contributed by atoms with Crippen molar-refractivity contribution in [1.82, 2.24) is 4.90 Å². The van der Waals surface area contributed by atoms with E-state index in [9.17, 15) is 9.59 Å². The molecule has 0 bridgehead atoms. The highest BCUT2D eigenvalue weighted by Gasteiger charge is 2.10. The first-order valence-corrected chi connectivity index (χ1v) is 8.77. The van der Waals surface area contributed by atoms with Crippen LogP contribution in [0.3, 0.4) is 0 Å². The van der Waals surface area contributed by atoms with E-state index in [2.05, 4.69) is 0 Å². The molecule has 0 aliphatic rings. The Morgan fingerprint density at radius 1 is 0.778 bits per heavy atom. The maximum atomic E-state index is 12.0. The second kappa shape index (κ2) is 10.2. The average molecular weight is 371 g/mol. The fraction of sp³-hybridized carbons (Fsp3) is 0.300. The summed E-state index contributed by atoms with van der Waals surface area (Å²) in [7, 11) is 0. The molecule has 2 aromatic carbocycles. The van der Waals surface area contributed by atoms with Gasteiger partial charge in [-0.05, 0) is 55.1 Å². The lowest BCUT2D eigenvalue weighted by Crippen LogP contribution is -2.32. The minimum atomic E-state index is -0.388. The SMILES string of the molecule is CCN(CCOC(=O)c1ccc(N)cc1)CCOC(=O)c1ccc(N)cc1. The highest BCUT2D eigenvalue weighted by atomic mass is 16.5. The fourth-order valence-corrected chi connectivity index (χ4v) is 2.37. The largest absolute Gasteiger partial charge is 0.461 e. The van der Waals surface area contributed by atoms with E-state index in [1.165, 1.54) is 0 Å². The third-order valence-electron chi connectivity index (χ3n) is 4.02. The van der Waals surface area contributed by atoms with Crippen molar-refractivity contribution in [3.63, 3.8) is 0 Å². The normalized spacial score (nSPS) is 10.6. The Hall–Kier alpha value is -3.06. The number of hydrogen-bond donors (Lipinski definition) is 2. The van der Waals surface area contributed by atoms with Crippen LogP contribution in [-0.2, 0) is 9.47 Å². The quantitative estimate of drug-likeness (QED) is 0.514. The molecule has 0 aliphatic heterocycles. The molecule has 7 heteroatoms. The number of nitrogen functional groups attached to an aromatic ring is 2. The zero-order valence-corrected chi connectivity index (χ0v) is 15.4. The van der Waals surface area contributed by atoms with Crippen molar-refractivity contribution >= 4 is 23.3 Å². The Kier molecular flexibility index (Phi) is 7.63. The molecule has 4 N–H and O–H groups in total. The van der Waals surface area contributed by atoms with E-state index < -0.39 is 0 Å². The van der Waals surface area contributed by atoms with Crippen LogP contribution in [0.1, 0.15) is 27.6 Å². The molecule has 27 heavy (non-hydrogen) atoms. The number of esters is 2. The topological polar surface area (TPSA) is 108 Å². The number of benzene rings is 2. The summed E-state index contributed by atoms with van der Waals surface area (Å²) in [6.45, 7) is 4.35. The predicted octanol–water partition coefficient (Wildman–Crippen LogP) is 2.19. The zero-order chi connectivity index (χ0) is 19.6. The van der Waals surface area contributed by atoms with E-state index in [4.69, 9.17) is 20.9 Å². The number of ether oxygens (including phenoxy) is 2. The van der Waals surface area contributed by atoms with Gasteiger partial charge in [-0.2, -0.15) is 0 Å². The first-order chi connectivity index (χ1) is 13.0. The monoisotopic (exact) mass is 371 g/mol. The number of carbonyl (C=O) groups excluding carboxylic acids is 2. The van der Waals surface area contributed by atoms with Gasteiger partial charge in [0, 0.05) is 24.5 Å². The van der Waals surface area contributed by atoms with Gasteiger partial charge in [0.05, 0.1) is 11.1 Å². The van der Waals surface area contributed by atoms with Gasteiger partial charge in [-0.1, -0.05) is 6.92 Å². The molecule has 0 saturated carbocycles. The van der Waals surface area contributed by atoms with Crippen LogP contribution in [0.15, 0.2) is 48.5 Å².